The third kappa shape index (κ3) is 3.39. The Bertz CT molecular complexity index is 413. The van der Waals surface area contributed by atoms with Crippen molar-refractivity contribution in [3.63, 3.8) is 0 Å². The van der Waals surface area contributed by atoms with Crippen LogP contribution in [0.25, 0.3) is 5.57 Å². The van der Waals surface area contributed by atoms with Crippen molar-refractivity contribution in [2.24, 2.45) is 0 Å². The minimum atomic E-state index is -0.357. The summed E-state index contributed by atoms with van der Waals surface area (Å²) in [7, 11) is 0. The minimum absolute atomic E-state index is 0.280. The fourth-order valence-electron chi connectivity index (χ4n) is 1.16. The molecule has 0 bridgehead atoms. The highest BCUT2D eigenvalue weighted by Gasteiger charge is 2.03. The lowest BCUT2D eigenvalue weighted by atomic mass is 10.1. The van der Waals surface area contributed by atoms with Crippen molar-refractivity contribution < 1.29 is 9.53 Å². The molecule has 0 N–H and O–H groups in total. The third-order valence-electron chi connectivity index (χ3n) is 2.17. The molecule has 1 aromatic carbocycles. The Morgan fingerprint density at radius 1 is 1.19 bits per heavy atom. The summed E-state index contributed by atoms with van der Waals surface area (Å²) in [6.45, 7) is 11.2. The van der Waals surface area contributed by atoms with E-state index in [2.05, 4.69) is 13.2 Å². The van der Waals surface area contributed by atoms with Crippen LogP contribution in [0.2, 0.25) is 0 Å². The van der Waals surface area contributed by atoms with Gasteiger partial charge in [0.2, 0.25) is 0 Å². The predicted molar refractivity (Wildman–Crippen MR) is 65.8 cm³/mol. The Morgan fingerprint density at radius 3 is 2.19 bits per heavy atom. The van der Waals surface area contributed by atoms with Gasteiger partial charge in [0.05, 0.1) is 0 Å². The number of hydrogen-bond donors (Lipinski definition) is 0. The molecular formula is C14H16O2. The Morgan fingerprint density at radius 2 is 1.75 bits per heavy atom. The van der Waals surface area contributed by atoms with E-state index in [-0.39, 0.29) is 12.6 Å². The second-order valence-electron chi connectivity index (χ2n) is 3.83. The van der Waals surface area contributed by atoms with Crippen molar-refractivity contribution in [1.29, 1.82) is 0 Å². The van der Waals surface area contributed by atoms with Crippen LogP contribution < -0.4 is 0 Å². The number of carbonyl (C=O) groups excluding carboxylic acids is 1. The molecule has 0 aliphatic heterocycles. The van der Waals surface area contributed by atoms with Gasteiger partial charge in [-0.1, -0.05) is 43.0 Å². The quantitative estimate of drug-likeness (QED) is 0.570. The summed E-state index contributed by atoms with van der Waals surface area (Å²) in [4.78, 5) is 11.2. The zero-order chi connectivity index (χ0) is 12.1. The number of allylic oxidation sites excluding steroid dienone is 1. The molecule has 0 saturated heterocycles. The van der Waals surface area contributed by atoms with E-state index in [1.807, 2.05) is 31.2 Å². The zero-order valence-corrected chi connectivity index (χ0v) is 9.75. The van der Waals surface area contributed by atoms with E-state index in [1.54, 1.807) is 6.92 Å². The Kier molecular flexibility index (Phi) is 4.06. The molecule has 2 nitrogen and oxygen atoms in total. The second-order valence-corrected chi connectivity index (χ2v) is 3.83. The minimum Gasteiger partial charge on any atom is -0.457 e. The lowest BCUT2D eigenvalue weighted by molar-refractivity contribution is -0.140. The zero-order valence-electron chi connectivity index (χ0n) is 9.75. The van der Waals surface area contributed by atoms with Crippen molar-refractivity contribution in [2.75, 3.05) is 0 Å². The van der Waals surface area contributed by atoms with Crippen LogP contribution in [0.3, 0.4) is 0 Å². The van der Waals surface area contributed by atoms with Crippen LogP contribution in [0.15, 0.2) is 43.0 Å². The van der Waals surface area contributed by atoms with Crippen molar-refractivity contribution in [3.8, 4) is 0 Å². The fraction of sp³-hybridized carbons (Fsp3) is 0.214. The summed E-state index contributed by atoms with van der Waals surface area (Å²) in [5.74, 6) is -0.357. The first-order valence-electron chi connectivity index (χ1n) is 5.08. The normalized spacial score (nSPS) is 9.62. The van der Waals surface area contributed by atoms with Crippen LogP contribution in [-0.2, 0) is 16.1 Å². The van der Waals surface area contributed by atoms with Gasteiger partial charge in [-0.3, -0.25) is 0 Å². The van der Waals surface area contributed by atoms with E-state index >= 15 is 0 Å². The smallest absolute Gasteiger partial charge is 0.333 e. The molecule has 0 aliphatic rings. The topological polar surface area (TPSA) is 26.3 Å². The van der Waals surface area contributed by atoms with Crippen LogP contribution in [-0.4, -0.2) is 5.97 Å². The lowest BCUT2D eigenvalue weighted by Gasteiger charge is -2.05. The van der Waals surface area contributed by atoms with E-state index in [0.29, 0.717) is 5.57 Å². The van der Waals surface area contributed by atoms with Crippen molar-refractivity contribution in [2.45, 2.75) is 20.5 Å². The first kappa shape index (κ1) is 12.2. The summed E-state index contributed by atoms with van der Waals surface area (Å²) in [6, 6.07) is 7.78. The standard InChI is InChI=1S/C14H16O2/c1-10(2)13-7-5-12(6-8-13)9-16-14(15)11(3)4/h5-8H,1,3,9H2,2,4H3. The molecule has 0 radical (unpaired) electrons. The highest BCUT2D eigenvalue weighted by atomic mass is 16.5. The average Bonchev–Trinajstić information content (AvgIpc) is 2.26. The molecule has 0 unspecified atom stereocenters. The number of rotatable bonds is 4. The van der Waals surface area contributed by atoms with Gasteiger partial charge in [-0.2, -0.15) is 0 Å². The molecule has 1 aromatic rings. The maximum absolute atomic E-state index is 11.2. The molecule has 0 amide bonds. The molecule has 0 fully saturated rings. The van der Waals surface area contributed by atoms with Crippen molar-refractivity contribution in [1.82, 2.24) is 0 Å². The summed E-state index contributed by atoms with van der Waals surface area (Å²) in [6.07, 6.45) is 0. The summed E-state index contributed by atoms with van der Waals surface area (Å²) in [5, 5.41) is 0. The van der Waals surface area contributed by atoms with E-state index in [4.69, 9.17) is 4.74 Å². The molecular weight excluding hydrogens is 200 g/mol. The van der Waals surface area contributed by atoms with E-state index in [9.17, 15) is 4.79 Å². The number of hydrogen-bond acceptors (Lipinski definition) is 2. The Hall–Kier alpha value is -1.83. The van der Waals surface area contributed by atoms with Crippen molar-refractivity contribution in [3.05, 3.63) is 54.1 Å². The molecule has 1 rings (SSSR count). The summed E-state index contributed by atoms with van der Waals surface area (Å²) < 4.78 is 5.03. The van der Waals surface area contributed by atoms with Crippen LogP contribution in [0.5, 0.6) is 0 Å². The van der Waals surface area contributed by atoms with Gasteiger partial charge in [-0.15, -0.1) is 0 Å². The van der Waals surface area contributed by atoms with Gasteiger partial charge in [0.1, 0.15) is 6.61 Å². The van der Waals surface area contributed by atoms with Crippen LogP contribution in [0, 0.1) is 0 Å². The maximum atomic E-state index is 11.2. The number of ether oxygens (including phenoxy) is 1. The highest BCUT2D eigenvalue weighted by molar-refractivity contribution is 5.86. The molecule has 84 valence electrons. The van der Waals surface area contributed by atoms with Gasteiger partial charge >= 0.3 is 5.97 Å². The predicted octanol–water partition coefficient (Wildman–Crippen LogP) is 3.34. The molecule has 0 aromatic heterocycles. The van der Waals surface area contributed by atoms with Gasteiger partial charge in [-0.05, 0) is 25.0 Å². The number of carbonyl (C=O) groups is 1. The van der Waals surface area contributed by atoms with Crippen molar-refractivity contribution >= 4 is 11.5 Å². The van der Waals surface area contributed by atoms with Crippen LogP contribution >= 0.6 is 0 Å². The molecule has 16 heavy (non-hydrogen) atoms. The molecule has 0 spiro atoms. The van der Waals surface area contributed by atoms with E-state index < -0.39 is 0 Å². The van der Waals surface area contributed by atoms with E-state index in [0.717, 1.165) is 16.7 Å². The number of benzene rings is 1. The SMILES string of the molecule is C=C(C)C(=O)OCc1ccc(C(=C)C)cc1. The largest absolute Gasteiger partial charge is 0.457 e. The first-order valence-corrected chi connectivity index (χ1v) is 5.08. The average molecular weight is 216 g/mol. The molecule has 0 atom stereocenters. The Balaban J connectivity index is 2.59. The third-order valence-corrected chi connectivity index (χ3v) is 2.17. The van der Waals surface area contributed by atoms with E-state index in [1.165, 1.54) is 0 Å². The maximum Gasteiger partial charge on any atom is 0.333 e. The second kappa shape index (κ2) is 5.31. The lowest BCUT2D eigenvalue weighted by Crippen LogP contribution is -2.04. The first-order chi connectivity index (χ1) is 7.50. The van der Waals surface area contributed by atoms with Gasteiger partial charge in [0, 0.05) is 5.57 Å². The van der Waals surface area contributed by atoms with Gasteiger partial charge in [-0.25, -0.2) is 4.79 Å². The van der Waals surface area contributed by atoms with Crippen LogP contribution in [0.1, 0.15) is 25.0 Å². The summed E-state index contributed by atoms with van der Waals surface area (Å²) in [5.41, 5.74) is 3.48. The Labute approximate surface area is 96.2 Å². The monoisotopic (exact) mass is 216 g/mol. The molecule has 2 heteroatoms. The fourth-order valence-corrected chi connectivity index (χ4v) is 1.16. The van der Waals surface area contributed by atoms with Gasteiger partial charge in [0.15, 0.2) is 0 Å². The van der Waals surface area contributed by atoms with Gasteiger partial charge < -0.3 is 4.74 Å². The van der Waals surface area contributed by atoms with Crippen LogP contribution in [0.4, 0.5) is 0 Å². The van der Waals surface area contributed by atoms with Gasteiger partial charge in [0.25, 0.3) is 0 Å². The number of esters is 1. The molecule has 0 heterocycles. The highest BCUT2D eigenvalue weighted by Crippen LogP contribution is 2.13. The summed E-state index contributed by atoms with van der Waals surface area (Å²) >= 11 is 0. The molecule has 0 saturated carbocycles. The molecule has 0 aliphatic carbocycles.